The first-order chi connectivity index (χ1) is 12.1. The van der Waals surface area contributed by atoms with E-state index in [-0.39, 0.29) is 0 Å². The monoisotopic (exact) mass is 351 g/mol. The molecule has 0 aromatic rings. The van der Waals surface area contributed by atoms with E-state index in [1.165, 1.54) is 122 Å². The van der Waals surface area contributed by atoms with Crippen molar-refractivity contribution in [1.82, 2.24) is 0 Å². The zero-order chi connectivity index (χ0) is 18.6. The molecule has 0 saturated carbocycles. The first-order valence-corrected chi connectivity index (χ1v) is 12.0. The highest BCUT2D eigenvalue weighted by molar-refractivity contribution is 4.84. The van der Waals surface area contributed by atoms with Gasteiger partial charge in [-0.05, 0) is 24.7 Å². The lowest BCUT2D eigenvalue weighted by Gasteiger charge is -2.24. The molecule has 0 unspecified atom stereocenters. The summed E-state index contributed by atoms with van der Waals surface area (Å²) in [6.07, 6.45) is 29.8. The number of unbranched alkanes of at least 4 members (excludes halogenated alkanes) is 16. The summed E-state index contributed by atoms with van der Waals surface area (Å²) < 4.78 is 0. The molecule has 0 aliphatic carbocycles. The largest absolute Gasteiger partial charge is 0.0654 e. The zero-order valence-electron chi connectivity index (χ0n) is 18.5. The van der Waals surface area contributed by atoms with Crippen molar-refractivity contribution < 1.29 is 0 Å². The lowest BCUT2D eigenvalue weighted by atomic mass is 9.82. The maximum Gasteiger partial charge on any atom is -0.0323 e. The van der Waals surface area contributed by atoms with Gasteiger partial charge in [-0.15, -0.1) is 0 Å². The standard InChI is InChI=1S/C25H51/c1-5-7-9-11-13-14-15-16-18-20-22-24-25(3,4)23-21-19-17-12-10-8-6-2/h24H,5-23H2,1-4H3. The third-order valence-electron chi connectivity index (χ3n) is 5.68. The quantitative estimate of drug-likeness (QED) is 0.191. The minimum absolute atomic E-state index is 0.461. The first kappa shape index (κ1) is 25.0. The van der Waals surface area contributed by atoms with Crippen LogP contribution in [-0.4, -0.2) is 0 Å². The molecule has 0 aromatic heterocycles. The number of hydrogen-bond donors (Lipinski definition) is 0. The van der Waals surface area contributed by atoms with Crippen LogP contribution in [0.2, 0.25) is 0 Å². The molecule has 0 bridgehead atoms. The van der Waals surface area contributed by atoms with Crippen LogP contribution in [0.25, 0.3) is 0 Å². The van der Waals surface area contributed by atoms with E-state index >= 15 is 0 Å². The second-order valence-corrected chi connectivity index (χ2v) is 9.03. The average Bonchev–Trinajstić information content (AvgIpc) is 2.59. The molecule has 0 fully saturated rings. The van der Waals surface area contributed by atoms with E-state index in [2.05, 4.69) is 34.1 Å². The smallest absolute Gasteiger partial charge is 0.0323 e. The van der Waals surface area contributed by atoms with Gasteiger partial charge in [-0.2, -0.15) is 0 Å². The van der Waals surface area contributed by atoms with E-state index < -0.39 is 0 Å². The van der Waals surface area contributed by atoms with Crippen molar-refractivity contribution in [3.05, 3.63) is 6.42 Å². The van der Waals surface area contributed by atoms with Gasteiger partial charge in [0.05, 0.1) is 0 Å². The van der Waals surface area contributed by atoms with Crippen LogP contribution in [0.15, 0.2) is 0 Å². The second-order valence-electron chi connectivity index (χ2n) is 9.03. The van der Waals surface area contributed by atoms with Crippen LogP contribution >= 0.6 is 0 Å². The van der Waals surface area contributed by atoms with Crippen molar-refractivity contribution in [2.45, 2.75) is 150 Å². The second kappa shape index (κ2) is 18.8. The van der Waals surface area contributed by atoms with Crippen LogP contribution in [0.5, 0.6) is 0 Å². The maximum atomic E-state index is 2.62. The van der Waals surface area contributed by atoms with Crippen molar-refractivity contribution in [3.63, 3.8) is 0 Å². The predicted molar refractivity (Wildman–Crippen MR) is 117 cm³/mol. The van der Waals surface area contributed by atoms with E-state index in [0.29, 0.717) is 5.41 Å². The van der Waals surface area contributed by atoms with E-state index in [1.807, 2.05) is 0 Å². The Morgan fingerprint density at radius 3 is 1.28 bits per heavy atom. The Hall–Kier alpha value is 0. The van der Waals surface area contributed by atoms with Crippen LogP contribution < -0.4 is 0 Å². The Morgan fingerprint density at radius 1 is 0.480 bits per heavy atom. The normalized spacial score (nSPS) is 12.0. The first-order valence-electron chi connectivity index (χ1n) is 12.0. The van der Waals surface area contributed by atoms with Crippen molar-refractivity contribution >= 4 is 0 Å². The fourth-order valence-electron chi connectivity index (χ4n) is 3.76. The van der Waals surface area contributed by atoms with Gasteiger partial charge in [-0.25, -0.2) is 0 Å². The minimum atomic E-state index is 0.461. The SMILES string of the molecule is CCCCCCCCCCCC[CH]C(C)(C)CCCCCCCCC. The number of rotatable bonds is 20. The molecule has 151 valence electrons. The van der Waals surface area contributed by atoms with Gasteiger partial charge in [0.15, 0.2) is 0 Å². The molecule has 0 aliphatic rings. The molecular weight excluding hydrogens is 300 g/mol. The van der Waals surface area contributed by atoms with Gasteiger partial charge in [0.2, 0.25) is 0 Å². The summed E-state index contributed by atoms with van der Waals surface area (Å²) in [4.78, 5) is 0. The van der Waals surface area contributed by atoms with Gasteiger partial charge >= 0.3 is 0 Å². The molecule has 0 nitrogen and oxygen atoms in total. The van der Waals surface area contributed by atoms with Crippen molar-refractivity contribution in [1.29, 1.82) is 0 Å². The topological polar surface area (TPSA) is 0 Å². The summed E-state index contributed by atoms with van der Waals surface area (Å²) in [5.41, 5.74) is 0.461. The molecule has 0 spiro atoms. The fourth-order valence-corrected chi connectivity index (χ4v) is 3.76. The van der Waals surface area contributed by atoms with Gasteiger partial charge in [-0.3, -0.25) is 0 Å². The zero-order valence-corrected chi connectivity index (χ0v) is 18.5. The molecular formula is C25H51. The predicted octanol–water partition coefficient (Wildman–Crippen LogP) is 9.67. The highest BCUT2D eigenvalue weighted by atomic mass is 14.2. The van der Waals surface area contributed by atoms with Crippen LogP contribution in [0.3, 0.4) is 0 Å². The summed E-state index contributed by atoms with van der Waals surface area (Å²) >= 11 is 0. The molecule has 0 heterocycles. The summed E-state index contributed by atoms with van der Waals surface area (Å²) in [5.74, 6) is 0. The summed E-state index contributed by atoms with van der Waals surface area (Å²) in [5, 5.41) is 0. The Morgan fingerprint density at radius 2 is 0.840 bits per heavy atom. The third-order valence-corrected chi connectivity index (χ3v) is 5.68. The molecule has 0 atom stereocenters. The van der Waals surface area contributed by atoms with Gasteiger partial charge in [0.25, 0.3) is 0 Å². The Balaban J connectivity index is 3.30. The van der Waals surface area contributed by atoms with E-state index in [0.717, 1.165) is 0 Å². The van der Waals surface area contributed by atoms with Crippen LogP contribution in [0.1, 0.15) is 150 Å². The van der Waals surface area contributed by atoms with Crippen LogP contribution in [-0.2, 0) is 0 Å². The van der Waals surface area contributed by atoms with Gasteiger partial charge in [0, 0.05) is 0 Å². The van der Waals surface area contributed by atoms with Gasteiger partial charge < -0.3 is 0 Å². The molecule has 1 radical (unpaired) electrons. The van der Waals surface area contributed by atoms with E-state index in [1.54, 1.807) is 0 Å². The average molecular weight is 352 g/mol. The van der Waals surface area contributed by atoms with Crippen molar-refractivity contribution in [3.8, 4) is 0 Å². The summed E-state index contributed by atoms with van der Waals surface area (Å²) in [7, 11) is 0. The molecule has 0 N–H and O–H groups in total. The van der Waals surface area contributed by atoms with Crippen LogP contribution in [0, 0.1) is 11.8 Å². The van der Waals surface area contributed by atoms with Gasteiger partial charge in [-0.1, -0.05) is 137 Å². The summed E-state index contributed by atoms with van der Waals surface area (Å²) in [6, 6.07) is 0. The lowest BCUT2D eigenvalue weighted by Crippen LogP contribution is -2.11. The van der Waals surface area contributed by atoms with E-state index in [9.17, 15) is 0 Å². The van der Waals surface area contributed by atoms with Crippen LogP contribution in [0.4, 0.5) is 0 Å². The number of hydrogen-bond acceptors (Lipinski definition) is 0. The fraction of sp³-hybridized carbons (Fsp3) is 0.960. The van der Waals surface area contributed by atoms with Crippen molar-refractivity contribution in [2.75, 3.05) is 0 Å². The minimum Gasteiger partial charge on any atom is -0.0654 e. The Labute approximate surface area is 161 Å². The molecule has 25 heavy (non-hydrogen) atoms. The van der Waals surface area contributed by atoms with Crippen molar-refractivity contribution in [2.24, 2.45) is 5.41 Å². The van der Waals surface area contributed by atoms with E-state index in [4.69, 9.17) is 0 Å². The molecule has 0 heteroatoms. The summed E-state index contributed by atoms with van der Waals surface area (Å²) in [6.45, 7) is 9.49. The molecule has 0 aliphatic heterocycles. The Bertz CT molecular complexity index is 240. The third kappa shape index (κ3) is 20.2. The molecule has 0 saturated heterocycles. The molecule has 0 rings (SSSR count). The Kier molecular flexibility index (Phi) is 18.8. The molecule has 0 aromatic carbocycles. The lowest BCUT2D eigenvalue weighted by molar-refractivity contribution is 0.361. The highest BCUT2D eigenvalue weighted by Crippen LogP contribution is 2.29. The highest BCUT2D eigenvalue weighted by Gasteiger charge is 2.16. The maximum absolute atomic E-state index is 2.62. The molecule has 0 amide bonds. The van der Waals surface area contributed by atoms with Gasteiger partial charge in [0.1, 0.15) is 0 Å².